The molecule has 152 valence electrons. The number of benzene rings is 3. The second kappa shape index (κ2) is 7.45. The molecule has 0 saturated carbocycles. The number of carbonyl (C=O) groups is 1. The van der Waals surface area contributed by atoms with Gasteiger partial charge >= 0.3 is 0 Å². The maximum absolute atomic E-state index is 12.7. The molecule has 0 atom stereocenters. The van der Waals surface area contributed by atoms with E-state index in [1.54, 1.807) is 0 Å². The van der Waals surface area contributed by atoms with E-state index in [-0.39, 0.29) is 11.3 Å². The number of anilines is 1. The van der Waals surface area contributed by atoms with Crippen molar-refractivity contribution in [3.63, 3.8) is 0 Å². The van der Waals surface area contributed by atoms with Crippen LogP contribution in [0.2, 0.25) is 0 Å². The van der Waals surface area contributed by atoms with Gasteiger partial charge in [-0.1, -0.05) is 50.6 Å². The Labute approximate surface area is 177 Å². The molecule has 4 nitrogen and oxygen atoms in total. The first kappa shape index (κ1) is 19.9. The maximum atomic E-state index is 12.7. The molecule has 0 fully saturated rings. The van der Waals surface area contributed by atoms with Crippen LogP contribution < -0.4 is 5.32 Å². The normalized spacial score (nSPS) is 11.6. The van der Waals surface area contributed by atoms with Crippen molar-refractivity contribution in [1.82, 2.24) is 4.98 Å². The van der Waals surface area contributed by atoms with Gasteiger partial charge in [-0.3, -0.25) is 4.79 Å². The SMILES string of the molecule is Cc1ccc(-c2nc3cc(NC(=O)c4ccc(C(C)(C)C)cc4)ccc3o2)c(C)c1. The van der Waals surface area contributed by atoms with E-state index < -0.39 is 0 Å². The summed E-state index contributed by atoms with van der Waals surface area (Å²) in [6.07, 6.45) is 0. The largest absolute Gasteiger partial charge is 0.436 e. The molecule has 0 unspecified atom stereocenters. The molecule has 30 heavy (non-hydrogen) atoms. The Bertz CT molecular complexity index is 1230. The zero-order valence-electron chi connectivity index (χ0n) is 18.0. The zero-order valence-corrected chi connectivity index (χ0v) is 18.0. The Morgan fingerprint density at radius 3 is 2.33 bits per heavy atom. The first-order valence-corrected chi connectivity index (χ1v) is 10.1. The van der Waals surface area contributed by atoms with Gasteiger partial charge in [0.25, 0.3) is 5.91 Å². The lowest BCUT2D eigenvalue weighted by molar-refractivity contribution is 0.102. The van der Waals surface area contributed by atoms with Crippen LogP contribution >= 0.6 is 0 Å². The number of carbonyl (C=O) groups excluding carboxylic acids is 1. The monoisotopic (exact) mass is 398 g/mol. The zero-order chi connectivity index (χ0) is 21.5. The smallest absolute Gasteiger partial charge is 0.255 e. The number of nitrogens with one attached hydrogen (secondary N) is 1. The van der Waals surface area contributed by atoms with Crippen molar-refractivity contribution in [3.8, 4) is 11.5 Å². The molecule has 0 spiro atoms. The van der Waals surface area contributed by atoms with E-state index in [4.69, 9.17) is 4.42 Å². The summed E-state index contributed by atoms with van der Waals surface area (Å²) in [5.41, 5.74) is 7.26. The van der Waals surface area contributed by atoms with Crippen molar-refractivity contribution in [2.24, 2.45) is 0 Å². The van der Waals surface area contributed by atoms with Crippen molar-refractivity contribution in [2.75, 3.05) is 5.32 Å². The minimum Gasteiger partial charge on any atom is -0.436 e. The van der Waals surface area contributed by atoms with Crippen LogP contribution in [0.3, 0.4) is 0 Å². The fourth-order valence-corrected chi connectivity index (χ4v) is 3.50. The average Bonchev–Trinajstić information content (AvgIpc) is 3.10. The van der Waals surface area contributed by atoms with Gasteiger partial charge in [-0.15, -0.1) is 0 Å². The molecule has 4 aromatic rings. The summed E-state index contributed by atoms with van der Waals surface area (Å²) in [6, 6.07) is 19.4. The van der Waals surface area contributed by atoms with Crippen molar-refractivity contribution in [2.45, 2.75) is 40.0 Å². The summed E-state index contributed by atoms with van der Waals surface area (Å²) in [4.78, 5) is 17.3. The highest BCUT2D eigenvalue weighted by Gasteiger charge is 2.15. The fraction of sp³-hybridized carbons (Fsp3) is 0.231. The van der Waals surface area contributed by atoms with Crippen LogP contribution in [0.5, 0.6) is 0 Å². The standard InChI is InChI=1S/C26H26N2O2/c1-16-6-12-21(17(2)14-16)25-28-22-15-20(11-13-23(22)30-25)27-24(29)18-7-9-19(10-8-18)26(3,4)5/h6-15H,1-5H3,(H,27,29). The van der Waals surface area contributed by atoms with Gasteiger partial charge in [0.15, 0.2) is 5.58 Å². The number of aryl methyl sites for hydroxylation is 2. The van der Waals surface area contributed by atoms with E-state index in [9.17, 15) is 4.79 Å². The number of hydrogen-bond donors (Lipinski definition) is 1. The van der Waals surface area contributed by atoms with Crippen LogP contribution in [-0.2, 0) is 5.41 Å². The predicted octanol–water partition coefficient (Wildman–Crippen LogP) is 6.66. The van der Waals surface area contributed by atoms with Gasteiger partial charge < -0.3 is 9.73 Å². The van der Waals surface area contributed by atoms with Crippen molar-refractivity contribution < 1.29 is 9.21 Å². The van der Waals surface area contributed by atoms with Gasteiger partial charge in [0, 0.05) is 16.8 Å². The second-order valence-corrected chi connectivity index (χ2v) is 8.80. The molecule has 0 bridgehead atoms. The molecule has 1 N–H and O–H groups in total. The van der Waals surface area contributed by atoms with E-state index in [1.807, 2.05) is 61.5 Å². The Morgan fingerprint density at radius 1 is 0.933 bits per heavy atom. The number of oxazole rings is 1. The minimum absolute atomic E-state index is 0.0561. The number of rotatable bonds is 3. The van der Waals surface area contributed by atoms with E-state index >= 15 is 0 Å². The summed E-state index contributed by atoms with van der Waals surface area (Å²) in [6.45, 7) is 10.6. The van der Waals surface area contributed by atoms with Gasteiger partial charge in [0.05, 0.1) is 0 Å². The maximum Gasteiger partial charge on any atom is 0.255 e. The minimum atomic E-state index is -0.145. The van der Waals surface area contributed by atoms with Crippen molar-refractivity contribution >= 4 is 22.7 Å². The van der Waals surface area contributed by atoms with Crippen LogP contribution in [0.4, 0.5) is 5.69 Å². The summed E-state index contributed by atoms with van der Waals surface area (Å²) in [5.74, 6) is 0.441. The first-order chi connectivity index (χ1) is 14.2. The Kier molecular flexibility index (Phi) is 4.94. The Balaban J connectivity index is 1.57. The lowest BCUT2D eigenvalue weighted by Crippen LogP contribution is -2.14. The Morgan fingerprint density at radius 2 is 1.67 bits per heavy atom. The molecule has 0 radical (unpaired) electrons. The number of fused-ring (bicyclic) bond motifs is 1. The molecular formula is C26H26N2O2. The lowest BCUT2D eigenvalue weighted by atomic mass is 9.87. The number of amides is 1. The van der Waals surface area contributed by atoms with Crippen molar-refractivity contribution in [1.29, 1.82) is 0 Å². The first-order valence-electron chi connectivity index (χ1n) is 10.1. The molecule has 0 saturated heterocycles. The average molecular weight is 399 g/mol. The number of aromatic nitrogens is 1. The number of hydrogen-bond acceptors (Lipinski definition) is 3. The van der Waals surface area contributed by atoms with E-state index in [0.717, 1.165) is 11.1 Å². The molecule has 0 aliphatic heterocycles. The fourth-order valence-electron chi connectivity index (χ4n) is 3.50. The highest BCUT2D eigenvalue weighted by atomic mass is 16.3. The second-order valence-electron chi connectivity index (χ2n) is 8.80. The summed E-state index contributed by atoms with van der Waals surface area (Å²) >= 11 is 0. The van der Waals surface area contributed by atoms with Crippen LogP contribution in [0.1, 0.15) is 47.8 Å². The van der Waals surface area contributed by atoms with Gasteiger partial charge in [0.2, 0.25) is 5.89 Å². The predicted molar refractivity (Wildman–Crippen MR) is 122 cm³/mol. The van der Waals surface area contributed by atoms with Crippen LogP contribution in [-0.4, -0.2) is 10.9 Å². The third-order valence-corrected chi connectivity index (χ3v) is 5.27. The van der Waals surface area contributed by atoms with Gasteiger partial charge in [-0.2, -0.15) is 0 Å². The van der Waals surface area contributed by atoms with Gasteiger partial charge in [-0.05, 0) is 66.8 Å². The lowest BCUT2D eigenvalue weighted by Gasteiger charge is -2.19. The summed E-state index contributed by atoms with van der Waals surface area (Å²) < 4.78 is 5.94. The van der Waals surface area contributed by atoms with Gasteiger partial charge in [0.1, 0.15) is 5.52 Å². The molecular weight excluding hydrogens is 372 g/mol. The van der Waals surface area contributed by atoms with Crippen LogP contribution in [0.25, 0.3) is 22.6 Å². The molecule has 1 heterocycles. The van der Waals surface area contributed by atoms with Crippen LogP contribution in [0, 0.1) is 13.8 Å². The van der Waals surface area contributed by atoms with Crippen molar-refractivity contribution in [3.05, 3.63) is 82.9 Å². The van der Waals surface area contributed by atoms with Gasteiger partial charge in [-0.25, -0.2) is 4.98 Å². The topological polar surface area (TPSA) is 55.1 Å². The third-order valence-electron chi connectivity index (χ3n) is 5.27. The summed E-state index contributed by atoms with van der Waals surface area (Å²) in [7, 11) is 0. The molecule has 0 aliphatic carbocycles. The third kappa shape index (κ3) is 3.99. The van der Waals surface area contributed by atoms with E-state index in [0.29, 0.717) is 28.2 Å². The molecule has 1 amide bonds. The molecule has 3 aromatic carbocycles. The molecule has 4 heteroatoms. The molecule has 0 aliphatic rings. The summed E-state index contributed by atoms with van der Waals surface area (Å²) in [5, 5.41) is 2.96. The Hall–Kier alpha value is -3.40. The molecule has 4 rings (SSSR count). The highest BCUT2D eigenvalue weighted by Crippen LogP contribution is 2.29. The van der Waals surface area contributed by atoms with E-state index in [1.165, 1.54) is 11.1 Å². The quantitative estimate of drug-likeness (QED) is 0.420. The number of nitrogens with zero attached hydrogens (tertiary/aromatic N) is 1. The highest BCUT2D eigenvalue weighted by molar-refractivity contribution is 6.05. The van der Waals surface area contributed by atoms with E-state index in [2.05, 4.69) is 44.1 Å². The van der Waals surface area contributed by atoms with Crippen LogP contribution in [0.15, 0.2) is 65.1 Å². The molecule has 1 aromatic heterocycles.